The second-order valence-electron chi connectivity index (χ2n) is 6.24. The van der Waals surface area contributed by atoms with Crippen LogP contribution >= 0.6 is 0 Å². The lowest BCUT2D eigenvalue weighted by molar-refractivity contribution is 0.00752. The van der Waals surface area contributed by atoms with E-state index in [1.54, 1.807) is 0 Å². The Kier molecular flexibility index (Phi) is 9.43. The van der Waals surface area contributed by atoms with Crippen molar-refractivity contribution in [3.05, 3.63) is 0 Å². The van der Waals surface area contributed by atoms with Gasteiger partial charge in [-0.3, -0.25) is 9.89 Å². The standard InChI is InChI=1S/C16H35N5O/c1-6-20(5)8-7-18-16(17-4)19-13-15(14(2)3)21-9-11-22-12-10-21/h14-15H,6-13H2,1-5H3,(H2,17,18,19). The number of ether oxygens (including phenoxy) is 1. The molecule has 0 saturated carbocycles. The molecule has 1 unspecified atom stereocenters. The van der Waals surface area contributed by atoms with Crippen molar-refractivity contribution in [1.82, 2.24) is 20.4 Å². The zero-order valence-corrected chi connectivity index (χ0v) is 15.1. The minimum atomic E-state index is 0.515. The van der Waals surface area contributed by atoms with Crippen LogP contribution in [0.15, 0.2) is 4.99 Å². The predicted octanol–water partition coefficient (Wildman–Crippen LogP) is 0.460. The predicted molar refractivity (Wildman–Crippen MR) is 93.6 cm³/mol. The minimum Gasteiger partial charge on any atom is -0.379 e. The van der Waals surface area contributed by atoms with Crippen molar-refractivity contribution in [1.29, 1.82) is 0 Å². The zero-order valence-electron chi connectivity index (χ0n) is 15.1. The van der Waals surface area contributed by atoms with Crippen molar-refractivity contribution in [2.75, 3.05) is 66.6 Å². The fourth-order valence-corrected chi connectivity index (χ4v) is 2.64. The summed E-state index contributed by atoms with van der Waals surface area (Å²) < 4.78 is 5.46. The maximum absolute atomic E-state index is 5.46. The highest BCUT2D eigenvalue weighted by molar-refractivity contribution is 5.79. The molecule has 1 atom stereocenters. The highest BCUT2D eigenvalue weighted by atomic mass is 16.5. The van der Waals surface area contributed by atoms with Gasteiger partial charge in [-0.05, 0) is 19.5 Å². The molecule has 0 bridgehead atoms. The van der Waals surface area contributed by atoms with Crippen molar-refractivity contribution in [2.24, 2.45) is 10.9 Å². The summed E-state index contributed by atoms with van der Waals surface area (Å²) in [5, 5.41) is 6.86. The summed E-state index contributed by atoms with van der Waals surface area (Å²) in [5.74, 6) is 1.50. The Morgan fingerprint density at radius 2 is 1.95 bits per heavy atom. The molecule has 1 aliphatic heterocycles. The van der Waals surface area contributed by atoms with E-state index in [4.69, 9.17) is 4.74 Å². The Hall–Kier alpha value is -0.850. The van der Waals surface area contributed by atoms with Crippen molar-refractivity contribution < 1.29 is 4.74 Å². The van der Waals surface area contributed by atoms with Gasteiger partial charge in [-0.25, -0.2) is 0 Å². The first-order valence-corrected chi connectivity index (χ1v) is 8.53. The molecule has 0 amide bonds. The second kappa shape index (κ2) is 10.8. The molecule has 1 aliphatic rings. The summed E-state index contributed by atoms with van der Waals surface area (Å²) in [7, 11) is 3.96. The van der Waals surface area contributed by atoms with Gasteiger partial charge in [0.25, 0.3) is 0 Å². The van der Waals surface area contributed by atoms with E-state index in [-0.39, 0.29) is 0 Å². The average molecular weight is 313 g/mol. The lowest BCUT2D eigenvalue weighted by Crippen LogP contribution is -2.53. The molecule has 1 fully saturated rings. The Bertz CT molecular complexity index is 316. The lowest BCUT2D eigenvalue weighted by atomic mass is 10.0. The van der Waals surface area contributed by atoms with E-state index in [9.17, 15) is 0 Å². The third-order valence-corrected chi connectivity index (χ3v) is 4.31. The number of morpholine rings is 1. The maximum Gasteiger partial charge on any atom is 0.191 e. The lowest BCUT2D eigenvalue weighted by Gasteiger charge is -2.37. The van der Waals surface area contributed by atoms with E-state index in [0.717, 1.165) is 58.4 Å². The molecule has 0 spiro atoms. The Labute approximate surface area is 136 Å². The second-order valence-corrected chi connectivity index (χ2v) is 6.24. The van der Waals surface area contributed by atoms with Crippen LogP contribution < -0.4 is 10.6 Å². The Balaban J connectivity index is 2.38. The van der Waals surface area contributed by atoms with Crippen LogP contribution in [0.5, 0.6) is 0 Å². The van der Waals surface area contributed by atoms with Gasteiger partial charge in [-0.2, -0.15) is 0 Å². The summed E-state index contributed by atoms with van der Waals surface area (Å²) in [6, 6.07) is 0.515. The van der Waals surface area contributed by atoms with Crippen LogP contribution in [0.4, 0.5) is 0 Å². The third-order valence-electron chi connectivity index (χ3n) is 4.31. The molecule has 0 aromatic carbocycles. The Morgan fingerprint density at radius 3 is 2.50 bits per heavy atom. The van der Waals surface area contributed by atoms with E-state index in [1.807, 2.05) is 7.05 Å². The van der Waals surface area contributed by atoms with Gasteiger partial charge in [0.15, 0.2) is 5.96 Å². The van der Waals surface area contributed by atoms with Crippen LogP contribution in [0.2, 0.25) is 0 Å². The van der Waals surface area contributed by atoms with Gasteiger partial charge in [0.1, 0.15) is 0 Å². The van der Waals surface area contributed by atoms with Crippen molar-refractivity contribution >= 4 is 5.96 Å². The van der Waals surface area contributed by atoms with Gasteiger partial charge in [-0.15, -0.1) is 0 Å². The molecule has 2 N–H and O–H groups in total. The van der Waals surface area contributed by atoms with Gasteiger partial charge >= 0.3 is 0 Å². The number of hydrogen-bond donors (Lipinski definition) is 2. The summed E-state index contributed by atoms with van der Waals surface area (Å²) in [6.45, 7) is 14.4. The maximum atomic E-state index is 5.46. The molecule has 1 heterocycles. The van der Waals surface area contributed by atoms with Crippen LogP contribution in [0.25, 0.3) is 0 Å². The number of hydrogen-bond acceptors (Lipinski definition) is 4. The van der Waals surface area contributed by atoms with E-state index in [1.165, 1.54) is 0 Å². The largest absolute Gasteiger partial charge is 0.379 e. The monoisotopic (exact) mass is 313 g/mol. The normalized spacial score (nSPS) is 18.8. The number of nitrogens with one attached hydrogen (secondary N) is 2. The SMILES string of the molecule is CCN(C)CCNC(=NC)NCC(C(C)C)N1CCOCC1. The molecule has 0 aromatic heterocycles. The first-order valence-electron chi connectivity index (χ1n) is 8.53. The topological polar surface area (TPSA) is 52.1 Å². The molecule has 130 valence electrons. The molecule has 6 nitrogen and oxygen atoms in total. The van der Waals surface area contributed by atoms with Crippen LogP contribution in [-0.4, -0.2) is 88.4 Å². The van der Waals surface area contributed by atoms with Gasteiger partial charge in [-0.1, -0.05) is 20.8 Å². The summed E-state index contributed by atoms with van der Waals surface area (Å²) in [6.07, 6.45) is 0. The molecule has 1 rings (SSSR count). The number of likely N-dealkylation sites (N-methyl/N-ethyl adjacent to an activating group) is 1. The number of aliphatic imine (C=N–C) groups is 1. The van der Waals surface area contributed by atoms with E-state index < -0.39 is 0 Å². The van der Waals surface area contributed by atoms with Crippen LogP contribution in [0, 0.1) is 5.92 Å². The first-order chi connectivity index (χ1) is 10.6. The van der Waals surface area contributed by atoms with Crippen molar-refractivity contribution in [3.63, 3.8) is 0 Å². The average Bonchev–Trinajstić information content (AvgIpc) is 2.53. The van der Waals surface area contributed by atoms with E-state index >= 15 is 0 Å². The fraction of sp³-hybridized carbons (Fsp3) is 0.938. The highest BCUT2D eigenvalue weighted by Crippen LogP contribution is 2.12. The van der Waals surface area contributed by atoms with Gasteiger partial charge in [0, 0.05) is 45.8 Å². The zero-order chi connectivity index (χ0) is 16.4. The molecule has 6 heteroatoms. The summed E-state index contributed by atoms with van der Waals surface area (Å²) in [5.41, 5.74) is 0. The van der Waals surface area contributed by atoms with E-state index in [2.05, 4.69) is 53.2 Å². The Morgan fingerprint density at radius 1 is 1.27 bits per heavy atom. The van der Waals surface area contributed by atoms with Gasteiger partial charge < -0.3 is 20.3 Å². The summed E-state index contributed by atoms with van der Waals surface area (Å²) in [4.78, 5) is 9.13. The molecule has 0 aromatic rings. The molecular formula is C16H35N5O. The minimum absolute atomic E-state index is 0.515. The van der Waals surface area contributed by atoms with Crippen molar-refractivity contribution in [3.8, 4) is 0 Å². The van der Waals surface area contributed by atoms with Gasteiger partial charge in [0.05, 0.1) is 13.2 Å². The number of rotatable bonds is 8. The number of nitrogens with zero attached hydrogens (tertiary/aromatic N) is 3. The molecule has 22 heavy (non-hydrogen) atoms. The highest BCUT2D eigenvalue weighted by Gasteiger charge is 2.23. The van der Waals surface area contributed by atoms with Crippen LogP contribution in [0.1, 0.15) is 20.8 Å². The third kappa shape index (κ3) is 6.94. The quantitative estimate of drug-likeness (QED) is 0.504. The fourth-order valence-electron chi connectivity index (χ4n) is 2.64. The van der Waals surface area contributed by atoms with E-state index in [0.29, 0.717) is 12.0 Å². The molecule has 0 radical (unpaired) electrons. The molecule has 1 saturated heterocycles. The van der Waals surface area contributed by atoms with Gasteiger partial charge in [0.2, 0.25) is 0 Å². The first kappa shape index (κ1) is 19.2. The van der Waals surface area contributed by atoms with Crippen molar-refractivity contribution in [2.45, 2.75) is 26.8 Å². The molecular weight excluding hydrogens is 278 g/mol. The molecule has 0 aliphatic carbocycles. The smallest absolute Gasteiger partial charge is 0.191 e. The van der Waals surface area contributed by atoms with Crippen LogP contribution in [0.3, 0.4) is 0 Å². The summed E-state index contributed by atoms with van der Waals surface area (Å²) >= 11 is 0. The van der Waals surface area contributed by atoms with Crippen LogP contribution in [-0.2, 0) is 4.74 Å². The number of guanidine groups is 1.